The van der Waals surface area contributed by atoms with E-state index in [-0.39, 0.29) is 24.9 Å². The van der Waals surface area contributed by atoms with Crippen LogP contribution in [0.4, 0.5) is 5.69 Å². The molecule has 5 nitrogen and oxygen atoms in total. The zero-order valence-electron chi connectivity index (χ0n) is 15.1. The summed E-state index contributed by atoms with van der Waals surface area (Å²) in [7, 11) is 1.84. The maximum Gasteiger partial charge on any atom is 0.279 e. The highest BCUT2D eigenvalue weighted by Gasteiger charge is 2.14. The number of halogens is 1. The van der Waals surface area contributed by atoms with Gasteiger partial charge in [-0.3, -0.25) is 9.59 Å². The molecule has 0 fully saturated rings. The van der Waals surface area contributed by atoms with Gasteiger partial charge in [-0.1, -0.05) is 46.3 Å². The molecule has 0 heterocycles. The summed E-state index contributed by atoms with van der Waals surface area (Å²) in [4.78, 5) is 25.0. The van der Waals surface area contributed by atoms with E-state index < -0.39 is 0 Å². The number of amides is 2. The number of nitrogens with one attached hydrogen (secondary N) is 3. The Morgan fingerprint density at radius 1 is 1.04 bits per heavy atom. The molecule has 2 aromatic rings. The second-order valence-electron chi connectivity index (χ2n) is 6.40. The van der Waals surface area contributed by atoms with Crippen LogP contribution in [0.15, 0.2) is 53.0 Å². The summed E-state index contributed by atoms with van der Waals surface area (Å²) < 4.78 is 0.975. The first kappa shape index (κ1) is 20.1. The van der Waals surface area contributed by atoms with Crippen molar-refractivity contribution < 1.29 is 14.5 Å². The average molecular weight is 419 g/mol. The summed E-state index contributed by atoms with van der Waals surface area (Å²) in [5.41, 5.74) is 2.97. The Labute approximate surface area is 162 Å². The Bertz CT molecular complexity index is 750. The molecule has 2 aromatic carbocycles. The Kier molecular flexibility index (Phi) is 7.81. The number of carbonyl (C=O) groups excluding carboxylic acids is 2. The van der Waals surface area contributed by atoms with Gasteiger partial charge in [0.2, 0.25) is 0 Å². The molecule has 0 radical (unpaired) electrons. The van der Waals surface area contributed by atoms with Gasteiger partial charge in [0.1, 0.15) is 0 Å². The summed E-state index contributed by atoms with van der Waals surface area (Å²) in [6.45, 7) is 3.04. The van der Waals surface area contributed by atoms with E-state index >= 15 is 0 Å². The van der Waals surface area contributed by atoms with Gasteiger partial charge in [0.15, 0.2) is 13.1 Å². The molecular formula is C20H25BrN3O2+. The number of quaternary nitrogens is 1. The highest BCUT2D eigenvalue weighted by molar-refractivity contribution is 9.10. The molecule has 6 heteroatoms. The molecule has 0 saturated heterocycles. The number of hydrogen-bond donors (Lipinski definition) is 3. The van der Waals surface area contributed by atoms with E-state index in [1.807, 2.05) is 62.5 Å². The first-order valence-corrected chi connectivity index (χ1v) is 9.41. The van der Waals surface area contributed by atoms with Gasteiger partial charge in [-0.05, 0) is 42.7 Å². The molecule has 2 amide bonds. The molecule has 1 atom stereocenters. The fourth-order valence-electron chi connectivity index (χ4n) is 2.63. The van der Waals surface area contributed by atoms with Crippen molar-refractivity contribution in [2.45, 2.75) is 13.3 Å². The van der Waals surface area contributed by atoms with E-state index in [0.29, 0.717) is 6.54 Å². The van der Waals surface area contributed by atoms with E-state index in [0.717, 1.165) is 27.0 Å². The van der Waals surface area contributed by atoms with Gasteiger partial charge in [0, 0.05) is 16.7 Å². The zero-order chi connectivity index (χ0) is 18.9. The number of carbonyl (C=O) groups is 2. The third-order valence-corrected chi connectivity index (χ3v) is 4.46. The molecule has 0 spiro atoms. The molecule has 0 saturated carbocycles. The van der Waals surface area contributed by atoms with Crippen molar-refractivity contribution in [3.05, 3.63) is 64.1 Å². The Morgan fingerprint density at radius 2 is 1.73 bits per heavy atom. The highest BCUT2D eigenvalue weighted by atomic mass is 79.9. The van der Waals surface area contributed by atoms with Crippen LogP contribution in [-0.2, 0) is 16.0 Å². The molecule has 0 aliphatic heterocycles. The van der Waals surface area contributed by atoms with Crippen molar-refractivity contribution in [2.24, 2.45) is 0 Å². The number of benzene rings is 2. The van der Waals surface area contributed by atoms with Crippen molar-refractivity contribution in [2.75, 3.05) is 32.0 Å². The topological polar surface area (TPSA) is 62.6 Å². The van der Waals surface area contributed by atoms with Gasteiger partial charge >= 0.3 is 0 Å². The van der Waals surface area contributed by atoms with Crippen molar-refractivity contribution in [3.63, 3.8) is 0 Å². The molecule has 1 unspecified atom stereocenters. The van der Waals surface area contributed by atoms with Crippen LogP contribution in [0, 0.1) is 6.92 Å². The Hall–Kier alpha value is -2.18. The van der Waals surface area contributed by atoms with Crippen LogP contribution in [-0.4, -0.2) is 38.5 Å². The molecule has 0 bridgehead atoms. The molecule has 0 aliphatic rings. The van der Waals surface area contributed by atoms with Gasteiger partial charge in [0.25, 0.3) is 11.8 Å². The molecule has 2 rings (SSSR count). The molecule has 0 aromatic heterocycles. The summed E-state index contributed by atoms with van der Waals surface area (Å²) in [5, 5.41) is 5.80. The lowest BCUT2D eigenvalue weighted by Crippen LogP contribution is -3.11. The fraction of sp³-hybridized carbons (Fsp3) is 0.300. The standard InChI is InChI=1S/C20H24BrN3O2/c1-15-12-17(21)8-9-18(15)23-20(26)14-24(2)13-19(25)22-11-10-16-6-4-3-5-7-16/h3-9,12H,10-11,13-14H2,1-2H3,(H,22,25)(H,23,26)/p+1. The summed E-state index contributed by atoms with van der Waals surface area (Å²) in [6, 6.07) is 15.7. The number of likely N-dealkylation sites (N-methyl/N-ethyl adjacent to an activating group) is 1. The average Bonchev–Trinajstić information content (AvgIpc) is 2.58. The van der Waals surface area contributed by atoms with Crippen LogP contribution in [0.1, 0.15) is 11.1 Å². The molecule has 26 heavy (non-hydrogen) atoms. The zero-order valence-corrected chi connectivity index (χ0v) is 16.7. The molecule has 0 aliphatic carbocycles. The Morgan fingerprint density at radius 3 is 2.42 bits per heavy atom. The largest absolute Gasteiger partial charge is 0.351 e. The van der Waals surface area contributed by atoms with Crippen LogP contribution in [0.3, 0.4) is 0 Å². The lowest BCUT2D eigenvalue weighted by Gasteiger charge is -2.14. The first-order valence-electron chi connectivity index (χ1n) is 8.62. The lowest BCUT2D eigenvalue weighted by molar-refractivity contribution is -0.862. The second-order valence-corrected chi connectivity index (χ2v) is 7.32. The van der Waals surface area contributed by atoms with Crippen LogP contribution in [0.2, 0.25) is 0 Å². The van der Waals surface area contributed by atoms with Gasteiger partial charge in [-0.2, -0.15) is 0 Å². The van der Waals surface area contributed by atoms with E-state index in [9.17, 15) is 9.59 Å². The minimum Gasteiger partial charge on any atom is -0.351 e. The minimum atomic E-state index is -0.106. The predicted molar refractivity (Wildman–Crippen MR) is 107 cm³/mol. The molecule has 3 N–H and O–H groups in total. The van der Waals surface area contributed by atoms with Crippen LogP contribution in [0.25, 0.3) is 0 Å². The van der Waals surface area contributed by atoms with E-state index in [1.54, 1.807) is 0 Å². The smallest absolute Gasteiger partial charge is 0.279 e. The molecule has 138 valence electrons. The van der Waals surface area contributed by atoms with Crippen molar-refractivity contribution >= 4 is 33.4 Å². The fourth-order valence-corrected chi connectivity index (χ4v) is 3.10. The summed E-state index contributed by atoms with van der Waals surface area (Å²) in [6.07, 6.45) is 0.801. The van der Waals surface area contributed by atoms with Crippen molar-refractivity contribution in [1.82, 2.24) is 5.32 Å². The van der Waals surface area contributed by atoms with Gasteiger partial charge < -0.3 is 15.5 Å². The maximum atomic E-state index is 12.2. The first-order chi connectivity index (χ1) is 12.4. The predicted octanol–water partition coefficient (Wildman–Crippen LogP) is 1.57. The number of anilines is 1. The van der Waals surface area contributed by atoms with E-state index in [2.05, 4.69) is 26.6 Å². The number of hydrogen-bond acceptors (Lipinski definition) is 2. The second kappa shape index (κ2) is 10.1. The monoisotopic (exact) mass is 418 g/mol. The number of aryl methyl sites for hydroxylation is 1. The van der Waals surface area contributed by atoms with Gasteiger partial charge in [-0.25, -0.2) is 0 Å². The van der Waals surface area contributed by atoms with Crippen molar-refractivity contribution in [1.29, 1.82) is 0 Å². The normalized spacial score (nSPS) is 11.7. The Balaban J connectivity index is 1.70. The third-order valence-electron chi connectivity index (χ3n) is 3.97. The van der Waals surface area contributed by atoms with Gasteiger partial charge in [0.05, 0.1) is 7.05 Å². The SMILES string of the molecule is Cc1cc(Br)ccc1NC(=O)C[NH+](C)CC(=O)NCCc1ccccc1. The van der Waals surface area contributed by atoms with Crippen LogP contribution >= 0.6 is 15.9 Å². The quantitative estimate of drug-likeness (QED) is 0.609. The highest BCUT2D eigenvalue weighted by Crippen LogP contribution is 2.19. The van der Waals surface area contributed by atoms with Crippen molar-refractivity contribution in [3.8, 4) is 0 Å². The van der Waals surface area contributed by atoms with E-state index in [4.69, 9.17) is 0 Å². The number of rotatable bonds is 8. The van der Waals surface area contributed by atoms with E-state index in [1.165, 1.54) is 5.56 Å². The lowest BCUT2D eigenvalue weighted by atomic mass is 10.1. The minimum absolute atomic E-state index is 0.0500. The van der Waals surface area contributed by atoms with Gasteiger partial charge in [-0.15, -0.1) is 0 Å². The van der Waals surface area contributed by atoms with Crippen LogP contribution in [0.5, 0.6) is 0 Å². The third kappa shape index (κ3) is 6.98. The van der Waals surface area contributed by atoms with Crippen LogP contribution < -0.4 is 15.5 Å². The maximum absolute atomic E-state index is 12.2. The summed E-state index contributed by atoms with van der Waals surface area (Å²) in [5.74, 6) is -0.156. The summed E-state index contributed by atoms with van der Waals surface area (Å²) >= 11 is 3.40. The molecular weight excluding hydrogens is 394 g/mol.